The van der Waals surface area contributed by atoms with E-state index in [1.807, 2.05) is 0 Å². The van der Waals surface area contributed by atoms with E-state index >= 15 is 0 Å². The smallest absolute Gasteiger partial charge is 0.283 e. The average Bonchev–Trinajstić information content (AvgIpc) is 2.30. The van der Waals surface area contributed by atoms with Crippen molar-refractivity contribution in [2.45, 2.75) is 46.1 Å². The Morgan fingerprint density at radius 3 is 2.84 bits per heavy atom. The van der Waals surface area contributed by atoms with E-state index in [4.69, 9.17) is 0 Å². The van der Waals surface area contributed by atoms with E-state index in [0.29, 0.717) is 16.9 Å². The minimum Gasteiger partial charge on any atom is -0.383 e. The van der Waals surface area contributed by atoms with Crippen LogP contribution >= 0.6 is 15.9 Å². The Balaban J connectivity index is 1.97. The van der Waals surface area contributed by atoms with Crippen LogP contribution in [0, 0.1) is 11.8 Å². The molecule has 0 saturated heterocycles. The van der Waals surface area contributed by atoms with E-state index in [0.717, 1.165) is 18.2 Å². The Morgan fingerprint density at radius 2 is 2.26 bits per heavy atom. The maximum atomic E-state index is 12.1. The summed E-state index contributed by atoms with van der Waals surface area (Å²) in [5.41, 5.74) is 0.756. The number of hydrogen-bond acceptors (Lipinski definition) is 3. The summed E-state index contributed by atoms with van der Waals surface area (Å²) in [5, 5.41) is 7.53. The van der Waals surface area contributed by atoms with Gasteiger partial charge >= 0.3 is 0 Å². The van der Waals surface area contributed by atoms with Gasteiger partial charge in [-0.1, -0.05) is 33.1 Å². The average molecular weight is 328 g/mol. The van der Waals surface area contributed by atoms with Crippen LogP contribution in [-0.2, 0) is 6.54 Å². The van der Waals surface area contributed by atoms with E-state index in [-0.39, 0.29) is 5.56 Å². The van der Waals surface area contributed by atoms with Crippen LogP contribution in [0.15, 0.2) is 15.5 Å². The van der Waals surface area contributed by atoms with Crippen LogP contribution in [0.4, 0.5) is 5.69 Å². The first-order valence-corrected chi connectivity index (χ1v) is 7.86. The lowest BCUT2D eigenvalue weighted by atomic mass is 9.83. The van der Waals surface area contributed by atoms with Gasteiger partial charge in [-0.3, -0.25) is 4.79 Å². The van der Waals surface area contributed by atoms with Crippen molar-refractivity contribution in [3.63, 3.8) is 0 Å². The van der Waals surface area contributed by atoms with Crippen LogP contribution in [0.2, 0.25) is 0 Å². The Bertz CT molecular complexity index is 480. The molecular weight excluding hydrogens is 306 g/mol. The van der Waals surface area contributed by atoms with Crippen molar-refractivity contribution in [3.8, 4) is 0 Å². The summed E-state index contributed by atoms with van der Waals surface area (Å²) in [6.45, 7) is 5.72. The van der Waals surface area contributed by atoms with Gasteiger partial charge in [0.1, 0.15) is 4.47 Å². The van der Waals surface area contributed by atoms with Gasteiger partial charge in [0.2, 0.25) is 0 Å². The summed E-state index contributed by atoms with van der Waals surface area (Å²) in [7, 11) is 0. The van der Waals surface area contributed by atoms with Crippen LogP contribution in [0.3, 0.4) is 0 Å². The second-order valence-electron chi connectivity index (χ2n) is 5.77. The standard InChI is InChI=1S/C14H22BrN3O/c1-10(2)9-18-14(19)13(15)12(8-17-18)16-7-6-11-4-3-5-11/h8,10-11,16H,3-7,9H2,1-2H3. The van der Waals surface area contributed by atoms with Crippen LogP contribution < -0.4 is 10.9 Å². The zero-order valence-corrected chi connectivity index (χ0v) is 13.2. The van der Waals surface area contributed by atoms with E-state index in [1.165, 1.54) is 30.4 Å². The number of aromatic nitrogens is 2. The minimum atomic E-state index is -0.0534. The summed E-state index contributed by atoms with van der Waals surface area (Å²) < 4.78 is 2.11. The van der Waals surface area contributed by atoms with Gasteiger partial charge < -0.3 is 5.32 Å². The topological polar surface area (TPSA) is 46.9 Å². The molecule has 1 aromatic rings. The molecule has 19 heavy (non-hydrogen) atoms. The van der Waals surface area contributed by atoms with Gasteiger partial charge in [-0.05, 0) is 34.2 Å². The molecule has 1 aromatic heterocycles. The molecule has 1 aliphatic rings. The highest BCUT2D eigenvalue weighted by Crippen LogP contribution is 2.29. The molecule has 1 saturated carbocycles. The number of anilines is 1. The fraction of sp³-hybridized carbons (Fsp3) is 0.714. The second kappa shape index (κ2) is 6.55. The van der Waals surface area contributed by atoms with Gasteiger partial charge in [-0.15, -0.1) is 0 Å². The Hall–Kier alpha value is -0.840. The predicted molar refractivity (Wildman–Crippen MR) is 81.5 cm³/mol. The highest BCUT2D eigenvalue weighted by Gasteiger charge is 2.17. The molecule has 1 N–H and O–H groups in total. The Morgan fingerprint density at radius 1 is 1.53 bits per heavy atom. The highest BCUT2D eigenvalue weighted by molar-refractivity contribution is 9.10. The molecule has 0 aromatic carbocycles. The quantitative estimate of drug-likeness (QED) is 0.872. The molecule has 1 heterocycles. The van der Waals surface area contributed by atoms with Gasteiger partial charge in [-0.25, -0.2) is 4.68 Å². The summed E-state index contributed by atoms with van der Waals surface area (Å²) in [6.07, 6.45) is 7.02. The van der Waals surface area contributed by atoms with E-state index in [2.05, 4.69) is 40.2 Å². The van der Waals surface area contributed by atoms with Crippen molar-refractivity contribution in [1.82, 2.24) is 9.78 Å². The summed E-state index contributed by atoms with van der Waals surface area (Å²) in [5.74, 6) is 1.29. The maximum absolute atomic E-state index is 12.1. The molecular formula is C14H22BrN3O. The van der Waals surface area contributed by atoms with Crippen LogP contribution in [-0.4, -0.2) is 16.3 Å². The van der Waals surface area contributed by atoms with Gasteiger partial charge in [0, 0.05) is 13.1 Å². The number of rotatable bonds is 6. The zero-order chi connectivity index (χ0) is 13.8. The minimum absolute atomic E-state index is 0.0534. The molecule has 0 spiro atoms. The molecule has 0 atom stereocenters. The third-order valence-electron chi connectivity index (χ3n) is 3.62. The van der Waals surface area contributed by atoms with Crippen molar-refractivity contribution in [1.29, 1.82) is 0 Å². The monoisotopic (exact) mass is 327 g/mol. The van der Waals surface area contributed by atoms with Crippen molar-refractivity contribution in [3.05, 3.63) is 21.0 Å². The lowest BCUT2D eigenvalue weighted by Crippen LogP contribution is -2.26. The molecule has 5 heteroatoms. The highest BCUT2D eigenvalue weighted by atomic mass is 79.9. The Kier molecular flexibility index (Phi) is 5.02. The molecule has 0 aliphatic heterocycles. The van der Waals surface area contributed by atoms with Crippen molar-refractivity contribution in [2.24, 2.45) is 11.8 Å². The molecule has 1 aliphatic carbocycles. The first-order valence-electron chi connectivity index (χ1n) is 7.07. The van der Waals surface area contributed by atoms with Crippen molar-refractivity contribution >= 4 is 21.6 Å². The molecule has 106 valence electrons. The van der Waals surface area contributed by atoms with Gasteiger partial charge in [0.15, 0.2) is 0 Å². The Labute approximate surface area is 122 Å². The summed E-state index contributed by atoms with van der Waals surface area (Å²) in [6, 6.07) is 0. The first-order chi connectivity index (χ1) is 9.08. The largest absolute Gasteiger partial charge is 0.383 e. The molecule has 0 unspecified atom stereocenters. The number of nitrogens with one attached hydrogen (secondary N) is 1. The second-order valence-corrected chi connectivity index (χ2v) is 6.56. The van der Waals surface area contributed by atoms with Crippen molar-refractivity contribution < 1.29 is 0 Å². The maximum Gasteiger partial charge on any atom is 0.283 e. The normalized spacial score (nSPS) is 15.6. The van der Waals surface area contributed by atoms with Crippen LogP contribution in [0.1, 0.15) is 39.5 Å². The first kappa shape index (κ1) is 14.6. The lowest BCUT2D eigenvalue weighted by Gasteiger charge is -2.25. The predicted octanol–water partition coefficient (Wildman–Crippen LogP) is 3.26. The van der Waals surface area contributed by atoms with Gasteiger partial charge in [0.05, 0.1) is 11.9 Å². The van der Waals surface area contributed by atoms with E-state index < -0.39 is 0 Å². The zero-order valence-electron chi connectivity index (χ0n) is 11.7. The molecule has 0 bridgehead atoms. The van der Waals surface area contributed by atoms with E-state index in [9.17, 15) is 4.79 Å². The van der Waals surface area contributed by atoms with E-state index in [1.54, 1.807) is 6.20 Å². The van der Waals surface area contributed by atoms with Crippen LogP contribution in [0.5, 0.6) is 0 Å². The molecule has 2 rings (SSSR count). The summed E-state index contributed by atoms with van der Waals surface area (Å²) >= 11 is 3.38. The number of hydrogen-bond donors (Lipinski definition) is 1. The van der Waals surface area contributed by atoms with Gasteiger partial charge in [-0.2, -0.15) is 5.10 Å². The third kappa shape index (κ3) is 3.81. The summed E-state index contributed by atoms with van der Waals surface area (Å²) in [4.78, 5) is 12.1. The molecule has 1 fully saturated rings. The van der Waals surface area contributed by atoms with Gasteiger partial charge in [0.25, 0.3) is 5.56 Å². The molecule has 0 radical (unpaired) electrons. The SMILES string of the molecule is CC(C)Cn1ncc(NCCC2CCC2)c(Br)c1=O. The molecule has 0 amide bonds. The lowest BCUT2D eigenvalue weighted by molar-refractivity contribution is 0.303. The number of halogens is 1. The number of nitrogens with zero attached hydrogens (tertiary/aromatic N) is 2. The fourth-order valence-electron chi connectivity index (χ4n) is 2.26. The van der Waals surface area contributed by atoms with Crippen molar-refractivity contribution in [2.75, 3.05) is 11.9 Å². The fourth-order valence-corrected chi connectivity index (χ4v) is 2.70. The van der Waals surface area contributed by atoms with Crippen LogP contribution in [0.25, 0.3) is 0 Å². The molecule has 4 nitrogen and oxygen atoms in total. The third-order valence-corrected chi connectivity index (χ3v) is 4.38.